The van der Waals surface area contributed by atoms with Crippen LogP contribution in [0.4, 0.5) is 39.5 Å². The highest BCUT2D eigenvalue weighted by Gasteiger charge is 2.44. The van der Waals surface area contributed by atoms with Gasteiger partial charge in [-0.2, -0.15) is 39.5 Å². The Labute approximate surface area is 321 Å². The number of halogens is 9. The van der Waals surface area contributed by atoms with E-state index in [-0.39, 0.29) is 43.4 Å². The molecule has 2 aliphatic carbocycles. The number of rotatable bonds is 2. The fourth-order valence-corrected chi connectivity index (χ4v) is 11.6. The van der Waals surface area contributed by atoms with Gasteiger partial charge >= 0.3 is 18.5 Å². The first-order chi connectivity index (χ1) is 26.8. The van der Waals surface area contributed by atoms with Crippen LogP contribution in [0.25, 0.3) is 52.9 Å². The first-order valence-electron chi connectivity index (χ1n) is 17.3. The summed E-state index contributed by atoms with van der Waals surface area (Å²) >= 11 is 1.44. The van der Waals surface area contributed by atoms with Crippen LogP contribution in [0.3, 0.4) is 0 Å². The Morgan fingerprint density at radius 3 is 1.72 bits per heavy atom. The van der Waals surface area contributed by atoms with E-state index in [9.17, 15) is 47.9 Å². The highest BCUT2D eigenvalue weighted by atomic mass is 32.2. The van der Waals surface area contributed by atoms with Gasteiger partial charge in [-0.15, -0.1) is 11.3 Å². The van der Waals surface area contributed by atoms with Crippen LogP contribution in [0.1, 0.15) is 50.1 Å². The van der Waals surface area contributed by atoms with Crippen LogP contribution in [-0.2, 0) is 28.4 Å². The second-order valence-corrected chi connectivity index (χ2v) is 17.2. The van der Waals surface area contributed by atoms with Crippen molar-refractivity contribution in [2.24, 2.45) is 0 Å². The molecule has 0 spiro atoms. The van der Waals surface area contributed by atoms with Crippen LogP contribution in [0, 0.1) is 6.92 Å². The molecule has 0 N–H and O–H groups in total. The summed E-state index contributed by atoms with van der Waals surface area (Å²) in [5.74, 6) is 0. The molecular formula is C44H21F9O2S2. The Balaban J connectivity index is 1.34. The number of fused-ring (bicyclic) bond motifs is 10. The van der Waals surface area contributed by atoms with Crippen molar-refractivity contribution in [2.45, 2.75) is 30.3 Å². The largest absolute Gasteiger partial charge is 0.416 e. The minimum Gasteiger partial charge on any atom is -0.218 e. The molecule has 1 aromatic heterocycles. The van der Waals surface area contributed by atoms with Gasteiger partial charge in [-0.1, -0.05) is 42.5 Å². The second kappa shape index (κ2) is 11.5. The maximum Gasteiger partial charge on any atom is 0.416 e. The summed E-state index contributed by atoms with van der Waals surface area (Å²) in [5.41, 5.74) is -1.60. The van der Waals surface area contributed by atoms with Gasteiger partial charge in [-0.25, -0.2) is 8.42 Å². The van der Waals surface area contributed by atoms with Gasteiger partial charge in [-0.05, 0) is 123 Å². The SMILES string of the molecule is Cc1cc(C2=c3cc4cc5c(cc4cc3-c3sc4ccccc4c32)=C(c2cc(C(F)(F)F)cc(C(F)(F)F)c2)C2=C5S(=O)(=O)c3ccccc32)cc(C(F)(F)F)c1. The lowest BCUT2D eigenvalue weighted by molar-refractivity contribution is -0.143. The summed E-state index contributed by atoms with van der Waals surface area (Å²) in [6, 6.07) is 25.0. The number of sulfone groups is 1. The molecule has 6 aromatic carbocycles. The third kappa shape index (κ3) is 5.20. The summed E-state index contributed by atoms with van der Waals surface area (Å²) in [4.78, 5) is 0.389. The monoisotopic (exact) mass is 816 g/mol. The van der Waals surface area contributed by atoms with Crippen molar-refractivity contribution in [3.63, 3.8) is 0 Å². The van der Waals surface area contributed by atoms with E-state index in [2.05, 4.69) is 0 Å². The van der Waals surface area contributed by atoms with Crippen molar-refractivity contribution >= 4 is 63.7 Å². The van der Waals surface area contributed by atoms with E-state index < -0.39 is 50.6 Å². The molecule has 7 aromatic rings. The van der Waals surface area contributed by atoms with Gasteiger partial charge < -0.3 is 0 Å². The zero-order valence-corrected chi connectivity index (χ0v) is 30.6. The topological polar surface area (TPSA) is 34.1 Å². The zero-order chi connectivity index (χ0) is 40.1. The standard InChI is InChI=1S/C44H21F9O2S2/c1-20-10-23(12-25(11-20)42(45,46)47)36-30-15-22-18-33-31(16-21(22)17-32(30)40-38(36)28-6-2-4-8-34(28)56-40)37(39-29-7-3-5-9-35(29)57(54,55)41(33)39)24-13-26(43(48,49)50)19-27(14-24)44(51,52)53/h2-19H,1H3. The van der Waals surface area contributed by atoms with Crippen molar-refractivity contribution in [3.05, 3.63) is 170 Å². The van der Waals surface area contributed by atoms with Crippen molar-refractivity contribution in [2.75, 3.05) is 0 Å². The molecule has 0 bridgehead atoms. The number of benzene rings is 6. The van der Waals surface area contributed by atoms with Gasteiger partial charge in [0.25, 0.3) is 0 Å². The smallest absolute Gasteiger partial charge is 0.218 e. The Morgan fingerprint density at radius 1 is 0.526 bits per heavy atom. The van der Waals surface area contributed by atoms with E-state index >= 15 is 0 Å². The van der Waals surface area contributed by atoms with Gasteiger partial charge in [0.05, 0.1) is 26.5 Å². The molecule has 0 amide bonds. The molecule has 0 saturated carbocycles. The Morgan fingerprint density at radius 2 is 1.07 bits per heavy atom. The number of aryl methyl sites for hydroxylation is 1. The summed E-state index contributed by atoms with van der Waals surface area (Å²) in [7, 11) is -4.33. The van der Waals surface area contributed by atoms with Crippen LogP contribution in [0.2, 0.25) is 0 Å². The molecule has 13 heteroatoms. The fraction of sp³-hybridized carbons (Fsp3) is 0.0909. The minimum atomic E-state index is -5.16. The summed E-state index contributed by atoms with van der Waals surface area (Å²) < 4.78 is 157. The van der Waals surface area contributed by atoms with Gasteiger partial charge in [-0.3, -0.25) is 0 Å². The Kier molecular flexibility index (Phi) is 7.19. The Bertz CT molecular complexity index is 3240. The van der Waals surface area contributed by atoms with Crippen molar-refractivity contribution in [1.29, 1.82) is 0 Å². The van der Waals surface area contributed by atoms with Crippen LogP contribution >= 0.6 is 11.3 Å². The third-order valence-corrected chi connectivity index (χ3v) is 13.8. The average molecular weight is 817 g/mol. The van der Waals surface area contributed by atoms with E-state index in [1.807, 2.05) is 24.3 Å². The maximum atomic E-state index is 14.3. The number of alkyl halides is 9. The van der Waals surface area contributed by atoms with Crippen molar-refractivity contribution in [1.82, 2.24) is 0 Å². The summed E-state index contributed by atoms with van der Waals surface area (Å²) in [6.07, 6.45) is -14.9. The lowest BCUT2D eigenvalue weighted by atomic mass is 9.91. The molecule has 3 aliphatic rings. The molecule has 284 valence electrons. The van der Waals surface area contributed by atoms with E-state index in [0.29, 0.717) is 50.4 Å². The molecule has 0 fully saturated rings. The lowest BCUT2D eigenvalue weighted by Crippen LogP contribution is -2.15. The molecule has 1 aliphatic heterocycles. The number of allylic oxidation sites excluding steroid dienone is 1. The van der Waals surface area contributed by atoms with Gasteiger partial charge in [0.2, 0.25) is 9.84 Å². The predicted octanol–water partition coefficient (Wildman–Crippen LogP) is 11.5. The average Bonchev–Trinajstić information content (AvgIpc) is 3.83. The summed E-state index contributed by atoms with van der Waals surface area (Å²) in [6.45, 7) is 1.58. The van der Waals surface area contributed by atoms with Crippen LogP contribution < -0.4 is 10.4 Å². The van der Waals surface area contributed by atoms with Crippen LogP contribution in [0.5, 0.6) is 0 Å². The van der Waals surface area contributed by atoms with Gasteiger partial charge in [0.15, 0.2) is 0 Å². The van der Waals surface area contributed by atoms with Crippen LogP contribution in [-0.4, -0.2) is 8.42 Å². The quantitative estimate of drug-likeness (QED) is 0.163. The van der Waals surface area contributed by atoms with E-state index in [0.717, 1.165) is 32.7 Å². The molecule has 2 heterocycles. The molecule has 0 saturated heterocycles. The minimum absolute atomic E-state index is 0.00520. The molecule has 0 atom stereocenters. The Hall–Kier alpha value is -5.66. The first kappa shape index (κ1) is 35.7. The highest BCUT2D eigenvalue weighted by molar-refractivity contribution is 8.01. The molecular weight excluding hydrogens is 796 g/mol. The highest BCUT2D eigenvalue weighted by Crippen LogP contribution is 2.53. The van der Waals surface area contributed by atoms with Gasteiger partial charge in [0.1, 0.15) is 0 Å². The number of thiophene rings is 1. The van der Waals surface area contributed by atoms with E-state index in [4.69, 9.17) is 0 Å². The van der Waals surface area contributed by atoms with E-state index in [1.165, 1.54) is 35.6 Å². The normalized spacial score (nSPS) is 15.7. The van der Waals surface area contributed by atoms with Crippen molar-refractivity contribution < 1.29 is 47.9 Å². The lowest BCUT2D eigenvalue weighted by Gasteiger charge is -2.16. The summed E-state index contributed by atoms with van der Waals surface area (Å²) in [5, 5.41) is 2.49. The number of hydrogen-bond acceptors (Lipinski definition) is 3. The molecule has 57 heavy (non-hydrogen) atoms. The molecule has 2 nitrogen and oxygen atoms in total. The molecule has 0 unspecified atom stereocenters. The zero-order valence-electron chi connectivity index (χ0n) is 28.9. The molecule has 0 radical (unpaired) electrons. The van der Waals surface area contributed by atoms with Gasteiger partial charge in [0, 0.05) is 42.8 Å². The number of hydrogen-bond donors (Lipinski definition) is 0. The van der Waals surface area contributed by atoms with Crippen LogP contribution in [0.15, 0.2) is 114 Å². The molecule has 10 rings (SSSR count). The third-order valence-electron chi connectivity index (χ3n) is 10.7. The second-order valence-electron chi connectivity index (χ2n) is 14.3. The fourth-order valence-electron chi connectivity index (χ4n) is 8.48. The van der Waals surface area contributed by atoms with Crippen molar-refractivity contribution in [3.8, 4) is 10.4 Å². The first-order valence-corrected chi connectivity index (χ1v) is 19.6. The maximum absolute atomic E-state index is 14.3. The predicted molar refractivity (Wildman–Crippen MR) is 201 cm³/mol. The van der Waals surface area contributed by atoms with E-state index in [1.54, 1.807) is 37.3 Å².